The van der Waals surface area contributed by atoms with Gasteiger partial charge in [-0.15, -0.1) is 0 Å². The Hall–Kier alpha value is -2.32. The molecule has 0 fully saturated rings. The molecule has 0 saturated heterocycles. The second-order valence-electron chi connectivity index (χ2n) is 4.97. The van der Waals surface area contributed by atoms with E-state index in [4.69, 9.17) is 0 Å². The number of anilines is 1. The van der Waals surface area contributed by atoms with Crippen LogP contribution in [0.3, 0.4) is 0 Å². The van der Waals surface area contributed by atoms with Gasteiger partial charge in [0.15, 0.2) is 0 Å². The van der Waals surface area contributed by atoms with E-state index in [-0.39, 0.29) is 5.75 Å². The summed E-state index contributed by atoms with van der Waals surface area (Å²) in [5.74, 6) is -16.5. The Labute approximate surface area is 148 Å². The number of ether oxygens (including phenoxy) is 2. The zero-order valence-electron chi connectivity index (χ0n) is 13.2. The van der Waals surface area contributed by atoms with Gasteiger partial charge in [-0.2, -0.15) is 48.3 Å². The van der Waals surface area contributed by atoms with Crippen molar-refractivity contribution in [2.45, 2.75) is 30.2 Å². The highest BCUT2D eigenvalue weighted by atomic mass is 19.4. The van der Waals surface area contributed by atoms with E-state index in [1.54, 1.807) is 0 Å². The third-order valence-electron chi connectivity index (χ3n) is 2.99. The van der Waals surface area contributed by atoms with Gasteiger partial charge in [-0.3, -0.25) is 9.53 Å². The Morgan fingerprint density at radius 3 is 1.64 bits per heavy atom. The van der Waals surface area contributed by atoms with Crippen LogP contribution < -0.4 is 10.1 Å². The molecule has 1 aromatic rings. The van der Waals surface area contributed by atoms with Gasteiger partial charge in [-0.1, -0.05) is 0 Å². The summed E-state index contributed by atoms with van der Waals surface area (Å²) in [4.78, 5) is 11.5. The van der Waals surface area contributed by atoms with Crippen LogP contribution in [-0.4, -0.2) is 43.3 Å². The van der Waals surface area contributed by atoms with Gasteiger partial charge < -0.3 is 10.1 Å². The average molecular weight is 435 g/mol. The first kappa shape index (κ1) is 23.7. The number of nitrogens with one attached hydrogen (secondary N) is 1. The van der Waals surface area contributed by atoms with Crippen molar-refractivity contribution in [1.82, 2.24) is 0 Å². The monoisotopic (exact) mass is 435 g/mol. The topological polar surface area (TPSA) is 47.6 Å². The van der Waals surface area contributed by atoms with E-state index in [1.165, 1.54) is 7.11 Å². The third-order valence-corrected chi connectivity index (χ3v) is 2.99. The SMILES string of the molecule is COc1ccc(NC(=O)[C@](F)(OC(F)(F)C(F)(F)C(F)(F)F)C(F)(F)F)cc1. The van der Waals surface area contributed by atoms with Crippen LogP contribution in [0.4, 0.5) is 54.0 Å². The molecular formula is C13H8F11NO3. The fourth-order valence-corrected chi connectivity index (χ4v) is 1.52. The van der Waals surface area contributed by atoms with Crippen molar-refractivity contribution in [2.24, 2.45) is 0 Å². The minimum Gasteiger partial charge on any atom is -0.497 e. The summed E-state index contributed by atoms with van der Waals surface area (Å²) in [6, 6.07) is 3.60. The molecule has 15 heteroatoms. The highest BCUT2D eigenvalue weighted by Crippen LogP contribution is 2.51. The number of carbonyl (C=O) groups is 1. The van der Waals surface area contributed by atoms with E-state index in [0.717, 1.165) is 29.6 Å². The highest BCUT2D eigenvalue weighted by molar-refractivity contribution is 5.96. The lowest BCUT2D eigenvalue weighted by atomic mass is 10.2. The predicted molar refractivity (Wildman–Crippen MR) is 68.6 cm³/mol. The van der Waals surface area contributed by atoms with E-state index in [1.807, 2.05) is 0 Å². The predicted octanol–water partition coefficient (Wildman–Crippen LogP) is 4.67. The standard InChI is InChI=1S/C13H8F11NO3/c1-27-7-4-2-6(3-5-7)25-8(26)9(14,11(17,18)19)28-13(23,24)10(15,16)12(20,21)22/h2-5H,1H3,(H,25,26)/t9-/m0/s1. The first-order valence-electron chi connectivity index (χ1n) is 6.62. The Bertz CT molecular complexity index is 699. The van der Waals surface area contributed by atoms with E-state index in [2.05, 4.69) is 9.47 Å². The maximum Gasteiger partial charge on any atom is 0.462 e. The van der Waals surface area contributed by atoms with Crippen molar-refractivity contribution in [3.05, 3.63) is 24.3 Å². The molecular weight excluding hydrogens is 427 g/mol. The van der Waals surface area contributed by atoms with Crippen molar-refractivity contribution in [1.29, 1.82) is 0 Å². The average Bonchev–Trinajstić information content (AvgIpc) is 2.52. The van der Waals surface area contributed by atoms with Crippen molar-refractivity contribution in [3.8, 4) is 5.75 Å². The Balaban J connectivity index is 3.26. The van der Waals surface area contributed by atoms with Gasteiger partial charge in [0.25, 0.3) is 5.91 Å². The fraction of sp³-hybridized carbons (Fsp3) is 0.462. The minimum atomic E-state index is -7.25. The maximum atomic E-state index is 14.0. The third kappa shape index (κ3) is 4.39. The molecule has 1 aromatic carbocycles. The fourth-order valence-electron chi connectivity index (χ4n) is 1.52. The number of hydrogen-bond donors (Lipinski definition) is 1. The summed E-state index contributed by atoms with van der Waals surface area (Å²) in [6.45, 7) is 0. The molecule has 0 aliphatic rings. The quantitative estimate of drug-likeness (QED) is 0.661. The summed E-state index contributed by atoms with van der Waals surface area (Å²) in [7, 11) is 1.17. The molecule has 0 bridgehead atoms. The molecule has 1 atom stereocenters. The second kappa shape index (κ2) is 7.25. The lowest BCUT2D eigenvalue weighted by molar-refractivity contribution is -0.472. The molecule has 0 saturated carbocycles. The second-order valence-corrected chi connectivity index (χ2v) is 4.97. The molecule has 28 heavy (non-hydrogen) atoms. The molecule has 0 aliphatic carbocycles. The van der Waals surface area contributed by atoms with E-state index >= 15 is 0 Å². The molecule has 0 radical (unpaired) electrons. The largest absolute Gasteiger partial charge is 0.497 e. The Morgan fingerprint density at radius 2 is 1.29 bits per heavy atom. The first-order chi connectivity index (χ1) is 12.4. The number of hydrogen-bond acceptors (Lipinski definition) is 3. The molecule has 4 nitrogen and oxygen atoms in total. The lowest BCUT2D eigenvalue weighted by Gasteiger charge is -2.34. The normalized spacial score (nSPS) is 15.7. The van der Waals surface area contributed by atoms with Crippen molar-refractivity contribution >= 4 is 11.6 Å². The molecule has 0 aliphatic heterocycles. The van der Waals surface area contributed by atoms with Gasteiger partial charge in [0.05, 0.1) is 7.11 Å². The van der Waals surface area contributed by atoms with E-state index in [0.29, 0.717) is 0 Å². The molecule has 0 aromatic heterocycles. The van der Waals surface area contributed by atoms with Crippen LogP contribution in [0, 0.1) is 0 Å². The molecule has 0 spiro atoms. The zero-order chi connectivity index (χ0) is 22.2. The maximum absolute atomic E-state index is 14.0. The lowest BCUT2D eigenvalue weighted by Crippen LogP contribution is -2.62. The zero-order valence-corrected chi connectivity index (χ0v) is 13.2. The minimum absolute atomic E-state index is 0.0907. The molecule has 0 heterocycles. The number of halogens is 11. The first-order valence-corrected chi connectivity index (χ1v) is 6.62. The van der Waals surface area contributed by atoms with Gasteiger partial charge >= 0.3 is 30.2 Å². The van der Waals surface area contributed by atoms with Crippen LogP contribution >= 0.6 is 0 Å². The van der Waals surface area contributed by atoms with Crippen LogP contribution in [0.5, 0.6) is 5.75 Å². The molecule has 1 amide bonds. The van der Waals surface area contributed by atoms with Crippen molar-refractivity contribution in [2.75, 3.05) is 12.4 Å². The summed E-state index contributed by atoms with van der Waals surface area (Å²) < 4.78 is 147. The summed E-state index contributed by atoms with van der Waals surface area (Å²) >= 11 is 0. The van der Waals surface area contributed by atoms with Crippen LogP contribution in [-0.2, 0) is 9.53 Å². The van der Waals surface area contributed by atoms with Crippen LogP contribution in [0.2, 0.25) is 0 Å². The van der Waals surface area contributed by atoms with Crippen LogP contribution in [0.25, 0.3) is 0 Å². The van der Waals surface area contributed by atoms with Gasteiger partial charge in [-0.25, -0.2) is 0 Å². The summed E-state index contributed by atoms with van der Waals surface area (Å²) in [5.41, 5.74) is -0.674. The Morgan fingerprint density at radius 1 is 0.821 bits per heavy atom. The van der Waals surface area contributed by atoms with E-state index in [9.17, 15) is 53.1 Å². The van der Waals surface area contributed by atoms with E-state index < -0.39 is 41.8 Å². The molecule has 160 valence electrons. The Kier molecular flexibility index (Phi) is 6.14. The van der Waals surface area contributed by atoms with Gasteiger partial charge in [0.2, 0.25) is 0 Å². The van der Waals surface area contributed by atoms with Crippen molar-refractivity contribution in [3.63, 3.8) is 0 Å². The van der Waals surface area contributed by atoms with Crippen LogP contribution in [0.1, 0.15) is 0 Å². The number of benzene rings is 1. The van der Waals surface area contributed by atoms with Crippen molar-refractivity contribution < 1.29 is 62.6 Å². The summed E-state index contributed by atoms with van der Waals surface area (Å²) in [6.07, 6.45) is -21.0. The number of carbonyl (C=O) groups excluding carboxylic acids is 1. The van der Waals surface area contributed by atoms with Crippen LogP contribution in [0.15, 0.2) is 24.3 Å². The number of amides is 1. The van der Waals surface area contributed by atoms with Gasteiger partial charge in [0, 0.05) is 5.69 Å². The van der Waals surface area contributed by atoms with Gasteiger partial charge in [-0.05, 0) is 24.3 Å². The molecule has 1 rings (SSSR count). The summed E-state index contributed by atoms with van der Waals surface area (Å²) in [5, 5.41) is 1.08. The number of alkyl halides is 11. The molecule has 0 unspecified atom stereocenters. The number of rotatable bonds is 6. The number of methoxy groups -OCH3 is 1. The molecule has 1 N–H and O–H groups in total. The van der Waals surface area contributed by atoms with Gasteiger partial charge in [0.1, 0.15) is 5.75 Å². The smallest absolute Gasteiger partial charge is 0.462 e. The highest BCUT2D eigenvalue weighted by Gasteiger charge is 2.79.